The molecule has 2 aliphatic heterocycles. The van der Waals surface area contributed by atoms with Crippen LogP contribution in [0.25, 0.3) is 0 Å². The summed E-state index contributed by atoms with van der Waals surface area (Å²) in [5.74, 6) is 0. The summed E-state index contributed by atoms with van der Waals surface area (Å²) in [6.45, 7) is 3.95. The van der Waals surface area contributed by atoms with Gasteiger partial charge in [0.15, 0.2) is 0 Å². The summed E-state index contributed by atoms with van der Waals surface area (Å²) < 4.78 is 0. The van der Waals surface area contributed by atoms with Gasteiger partial charge in [-0.3, -0.25) is 0 Å². The van der Waals surface area contributed by atoms with Gasteiger partial charge >= 0.3 is 0 Å². The maximum atomic E-state index is 5.44. The first-order valence-electron chi connectivity index (χ1n) is 6.23. The average molecular weight is 214 g/mol. The zero-order valence-electron chi connectivity index (χ0n) is 9.67. The number of nitrogens with two attached hydrogens (primary N) is 2. The molecule has 0 aromatic rings. The van der Waals surface area contributed by atoms with E-state index in [-0.39, 0.29) is 0 Å². The molecular formula is C11H26N4. The van der Waals surface area contributed by atoms with Gasteiger partial charge in [0.25, 0.3) is 0 Å². The predicted molar refractivity (Wildman–Crippen MR) is 64.8 cm³/mol. The Labute approximate surface area is 93.2 Å². The lowest BCUT2D eigenvalue weighted by atomic mass is 10.1. The van der Waals surface area contributed by atoms with E-state index < -0.39 is 0 Å². The van der Waals surface area contributed by atoms with Crippen LogP contribution in [-0.4, -0.2) is 38.3 Å². The third-order valence-electron chi connectivity index (χ3n) is 3.14. The van der Waals surface area contributed by atoms with Gasteiger partial charge in [-0.2, -0.15) is 0 Å². The van der Waals surface area contributed by atoms with Crippen molar-refractivity contribution in [3.8, 4) is 0 Å². The standard InChI is InChI=1S/C6H14N2.C5H12N2/c7-5-6-3-1-2-4-8-6;6-4-5-2-1-3-7-5/h6,8H,1-5,7H2;5,7H,1-4,6H2/t6-;5-/m00/s1. The molecule has 0 unspecified atom stereocenters. The molecule has 4 heteroatoms. The fourth-order valence-corrected chi connectivity index (χ4v) is 2.08. The molecule has 0 radical (unpaired) electrons. The maximum Gasteiger partial charge on any atom is 0.0190 e. The first kappa shape index (κ1) is 12.9. The van der Waals surface area contributed by atoms with Crippen molar-refractivity contribution in [2.24, 2.45) is 11.5 Å². The summed E-state index contributed by atoms with van der Waals surface area (Å²) >= 11 is 0. The van der Waals surface area contributed by atoms with Crippen molar-refractivity contribution in [2.45, 2.75) is 44.2 Å². The first-order valence-corrected chi connectivity index (χ1v) is 6.23. The molecule has 2 saturated heterocycles. The molecule has 15 heavy (non-hydrogen) atoms. The molecule has 2 rings (SSSR count). The van der Waals surface area contributed by atoms with Gasteiger partial charge in [-0.05, 0) is 38.8 Å². The van der Waals surface area contributed by atoms with E-state index in [4.69, 9.17) is 11.5 Å². The van der Waals surface area contributed by atoms with Crippen molar-refractivity contribution >= 4 is 0 Å². The Bertz CT molecular complexity index is 140. The van der Waals surface area contributed by atoms with Gasteiger partial charge in [0.05, 0.1) is 0 Å². The Balaban J connectivity index is 0.000000151. The Kier molecular flexibility index (Phi) is 6.92. The molecule has 6 N–H and O–H groups in total. The topological polar surface area (TPSA) is 76.1 Å². The summed E-state index contributed by atoms with van der Waals surface area (Å²) in [4.78, 5) is 0. The lowest BCUT2D eigenvalue weighted by Crippen LogP contribution is -2.39. The smallest absolute Gasteiger partial charge is 0.0190 e. The van der Waals surface area contributed by atoms with E-state index in [1.165, 1.54) is 45.2 Å². The molecule has 0 saturated carbocycles. The van der Waals surface area contributed by atoms with Crippen LogP contribution in [0.3, 0.4) is 0 Å². The van der Waals surface area contributed by atoms with Crippen LogP contribution < -0.4 is 22.1 Å². The molecule has 2 fully saturated rings. The highest BCUT2D eigenvalue weighted by Crippen LogP contribution is 2.04. The fraction of sp³-hybridized carbons (Fsp3) is 1.00. The summed E-state index contributed by atoms with van der Waals surface area (Å²) in [6.07, 6.45) is 6.54. The van der Waals surface area contributed by atoms with Gasteiger partial charge in [0, 0.05) is 25.2 Å². The normalized spacial score (nSPS) is 30.8. The van der Waals surface area contributed by atoms with Crippen LogP contribution in [-0.2, 0) is 0 Å². The van der Waals surface area contributed by atoms with E-state index in [1.54, 1.807) is 0 Å². The van der Waals surface area contributed by atoms with E-state index in [0.717, 1.165) is 13.1 Å². The van der Waals surface area contributed by atoms with Crippen LogP contribution in [0.1, 0.15) is 32.1 Å². The van der Waals surface area contributed by atoms with Crippen molar-refractivity contribution < 1.29 is 0 Å². The molecule has 2 heterocycles. The monoisotopic (exact) mass is 214 g/mol. The number of hydrogen-bond donors (Lipinski definition) is 4. The lowest BCUT2D eigenvalue weighted by Gasteiger charge is -2.21. The van der Waals surface area contributed by atoms with Crippen molar-refractivity contribution in [3.63, 3.8) is 0 Å². The number of nitrogens with one attached hydrogen (secondary N) is 2. The minimum absolute atomic E-state index is 0.615. The SMILES string of the molecule is NC[C@@H]1CCCCN1.NC[C@@H]1CCCN1. The quantitative estimate of drug-likeness (QED) is 0.513. The van der Waals surface area contributed by atoms with E-state index in [2.05, 4.69) is 10.6 Å². The van der Waals surface area contributed by atoms with Crippen molar-refractivity contribution in [1.29, 1.82) is 0 Å². The summed E-state index contributed by atoms with van der Waals surface area (Å²) in [5.41, 5.74) is 10.8. The predicted octanol–water partition coefficient (Wildman–Crippen LogP) is -0.216. The third kappa shape index (κ3) is 5.47. The summed E-state index contributed by atoms with van der Waals surface area (Å²) in [7, 11) is 0. The molecule has 2 aliphatic rings. The molecule has 0 bridgehead atoms. The van der Waals surface area contributed by atoms with Crippen molar-refractivity contribution in [3.05, 3.63) is 0 Å². The molecule has 90 valence electrons. The Morgan fingerprint density at radius 3 is 1.67 bits per heavy atom. The molecule has 0 amide bonds. The van der Waals surface area contributed by atoms with Crippen LogP contribution >= 0.6 is 0 Å². The van der Waals surface area contributed by atoms with Crippen LogP contribution in [0, 0.1) is 0 Å². The van der Waals surface area contributed by atoms with Gasteiger partial charge in [-0.15, -0.1) is 0 Å². The minimum Gasteiger partial charge on any atom is -0.329 e. The van der Waals surface area contributed by atoms with E-state index in [0.29, 0.717) is 12.1 Å². The molecule has 0 aromatic heterocycles. The van der Waals surface area contributed by atoms with E-state index in [9.17, 15) is 0 Å². The largest absolute Gasteiger partial charge is 0.329 e. The van der Waals surface area contributed by atoms with E-state index in [1.807, 2.05) is 0 Å². The Morgan fingerprint density at radius 2 is 1.33 bits per heavy atom. The number of rotatable bonds is 2. The molecule has 0 spiro atoms. The van der Waals surface area contributed by atoms with E-state index >= 15 is 0 Å². The molecule has 4 nitrogen and oxygen atoms in total. The van der Waals surface area contributed by atoms with Crippen LogP contribution in [0.15, 0.2) is 0 Å². The van der Waals surface area contributed by atoms with Crippen LogP contribution in [0.5, 0.6) is 0 Å². The minimum atomic E-state index is 0.615. The molecular weight excluding hydrogens is 188 g/mol. The zero-order valence-corrected chi connectivity index (χ0v) is 9.67. The van der Waals surface area contributed by atoms with Crippen LogP contribution in [0.4, 0.5) is 0 Å². The molecule has 2 atom stereocenters. The second-order valence-corrected chi connectivity index (χ2v) is 4.41. The van der Waals surface area contributed by atoms with Crippen molar-refractivity contribution in [2.75, 3.05) is 26.2 Å². The fourth-order valence-electron chi connectivity index (χ4n) is 2.08. The highest BCUT2D eigenvalue weighted by atomic mass is 15.0. The molecule has 0 aliphatic carbocycles. The number of hydrogen-bond acceptors (Lipinski definition) is 4. The lowest BCUT2D eigenvalue weighted by molar-refractivity contribution is 0.407. The van der Waals surface area contributed by atoms with Gasteiger partial charge in [-0.1, -0.05) is 6.42 Å². The van der Waals surface area contributed by atoms with Gasteiger partial charge < -0.3 is 22.1 Å². The van der Waals surface area contributed by atoms with Gasteiger partial charge in [0.2, 0.25) is 0 Å². The van der Waals surface area contributed by atoms with Crippen molar-refractivity contribution in [1.82, 2.24) is 10.6 Å². The second kappa shape index (κ2) is 8.05. The summed E-state index contributed by atoms with van der Waals surface area (Å²) in [5, 5.41) is 6.62. The molecule has 0 aromatic carbocycles. The second-order valence-electron chi connectivity index (χ2n) is 4.41. The maximum absolute atomic E-state index is 5.44. The highest BCUT2D eigenvalue weighted by molar-refractivity contribution is 4.73. The number of piperidine rings is 1. The Morgan fingerprint density at radius 1 is 0.800 bits per heavy atom. The Hall–Kier alpha value is -0.160. The summed E-state index contributed by atoms with van der Waals surface area (Å²) in [6, 6.07) is 1.24. The average Bonchev–Trinajstić information content (AvgIpc) is 2.84. The van der Waals surface area contributed by atoms with Gasteiger partial charge in [-0.25, -0.2) is 0 Å². The van der Waals surface area contributed by atoms with Gasteiger partial charge in [0.1, 0.15) is 0 Å². The van der Waals surface area contributed by atoms with Crippen LogP contribution in [0.2, 0.25) is 0 Å². The first-order chi connectivity index (χ1) is 7.36. The third-order valence-corrected chi connectivity index (χ3v) is 3.14. The zero-order chi connectivity index (χ0) is 10.9. The highest BCUT2D eigenvalue weighted by Gasteiger charge is 2.10.